The van der Waals surface area contributed by atoms with Gasteiger partial charge in [0.05, 0.1) is 6.26 Å². The van der Waals surface area contributed by atoms with Gasteiger partial charge < -0.3 is 10.6 Å². The average Bonchev–Trinajstić information content (AvgIpc) is 2.78. The molecule has 0 aliphatic carbocycles. The summed E-state index contributed by atoms with van der Waals surface area (Å²) in [6, 6.07) is 6.64. The molecule has 0 saturated carbocycles. The summed E-state index contributed by atoms with van der Waals surface area (Å²) in [7, 11) is -3.30. The standard InChI is InChI=1S/C14H21N3O3S/c1-10-7-11(8-15)9-17(10)14(18)12-3-5-13(6-4-12)16-21(2,19)20/h3-6,10-11,16H,7-9,15H2,1-2H3. The molecule has 2 rings (SSSR count). The first kappa shape index (κ1) is 15.8. The third kappa shape index (κ3) is 3.95. The lowest BCUT2D eigenvalue weighted by molar-refractivity contribution is 0.0743. The van der Waals surface area contributed by atoms with E-state index in [1.807, 2.05) is 11.8 Å². The average molecular weight is 311 g/mol. The predicted molar refractivity (Wildman–Crippen MR) is 82.6 cm³/mol. The molecule has 0 bridgehead atoms. The molecule has 1 aromatic rings. The lowest BCUT2D eigenvalue weighted by atomic mass is 10.1. The highest BCUT2D eigenvalue weighted by Crippen LogP contribution is 2.24. The van der Waals surface area contributed by atoms with Crippen LogP contribution in [0.15, 0.2) is 24.3 Å². The molecule has 6 nitrogen and oxygen atoms in total. The monoisotopic (exact) mass is 311 g/mol. The SMILES string of the molecule is CC1CC(CN)CN1C(=O)c1ccc(NS(C)(=O)=O)cc1. The molecule has 1 aliphatic heterocycles. The number of hydrogen-bond donors (Lipinski definition) is 2. The zero-order valence-electron chi connectivity index (χ0n) is 12.2. The third-order valence-corrected chi connectivity index (χ3v) is 4.30. The van der Waals surface area contributed by atoms with E-state index in [9.17, 15) is 13.2 Å². The minimum atomic E-state index is -3.30. The van der Waals surface area contributed by atoms with Crippen LogP contribution in [-0.2, 0) is 10.0 Å². The molecule has 2 unspecified atom stereocenters. The van der Waals surface area contributed by atoms with Gasteiger partial charge in [-0.3, -0.25) is 9.52 Å². The Morgan fingerprint density at radius 2 is 2.00 bits per heavy atom. The van der Waals surface area contributed by atoms with Crippen LogP contribution in [0.1, 0.15) is 23.7 Å². The predicted octanol–water partition coefficient (Wildman–Crippen LogP) is 0.867. The van der Waals surface area contributed by atoms with Crippen molar-refractivity contribution in [2.24, 2.45) is 11.7 Å². The smallest absolute Gasteiger partial charge is 0.254 e. The topological polar surface area (TPSA) is 92.5 Å². The molecule has 3 N–H and O–H groups in total. The number of rotatable bonds is 4. The number of anilines is 1. The Balaban J connectivity index is 2.10. The Morgan fingerprint density at radius 3 is 2.48 bits per heavy atom. The zero-order chi connectivity index (χ0) is 15.6. The van der Waals surface area contributed by atoms with Gasteiger partial charge in [-0.1, -0.05) is 0 Å². The number of nitrogens with one attached hydrogen (secondary N) is 1. The van der Waals surface area contributed by atoms with E-state index in [-0.39, 0.29) is 11.9 Å². The van der Waals surface area contributed by atoms with Crippen molar-refractivity contribution in [3.63, 3.8) is 0 Å². The molecule has 116 valence electrons. The van der Waals surface area contributed by atoms with Crippen LogP contribution in [0.4, 0.5) is 5.69 Å². The van der Waals surface area contributed by atoms with E-state index in [4.69, 9.17) is 5.73 Å². The molecule has 0 radical (unpaired) electrons. The third-order valence-electron chi connectivity index (χ3n) is 3.69. The molecular weight excluding hydrogens is 290 g/mol. The van der Waals surface area contributed by atoms with Crippen molar-refractivity contribution in [1.29, 1.82) is 0 Å². The van der Waals surface area contributed by atoms with Gasteiger partial charge in [0.15, 0.2) is 0 Å². The van der Waals surface area contributed by atoms with E-state index in [2.05, 4.69) is 4.72 Å². The number of carbonyl (C=O) groups is 1. The summed E-state index contributed by atoms with van der Waals surface area (Å²) in [5, 5.41) is 0. The summed E-state index contributed by atoms with van der Waals surface area (Å²) in [5.74, 6) is 0.319. The van der Waals surface area contributed by atoms with E-state index in [1.54, 1.807) is 24.3 Å². The van der Waals surface area contributed by atoms with Crippen LogP contribution in [-0.4, -0.2) is 44.6 Å². The van der Waals surface area contributed by atoms with Crippen molar-refractivity contribution in [3.05, 3.63) is 29.8 Å². The van der Waals surface area contributed by atoms with Crippen molar-refractivity contribution < 1.29 is 13.2 Å². The summed E-state index contributed by atoms with van der Waals surface area (Å²) in [4.78, 5) is 14.3. The molecule has 21 heavy (non-hydrogen) atoms. The highest BCUT2D eigenvalue weighted by atomic mass is 32.2. The van der Waals surface area contributed by atoms with Crippen LogP contribution in [0.2, 0.25) is 0 Å². The Bertz CT molecular complexity index is 613. The Hall–Kier alpha value is -1.60. The highest BCUT2D eigenvalue weighted by Gasteiger charge is 2.31. The summed E-state index contributed by atoms with van der Waals surface area (Å²) in [6.07, 6.45) is 2.01. The summed E-state index contributed by atoms with van der Waals surface area (Å²) < 4.78 is 24.7. The van der Waals surface area contributed by atoms with Crippen molar-refractivity contribution in [1.82, 2.24) is 4.90 Å². The van der Waals surface area contributed by atoms with Gasteiger partial charge in [-0.2, -0.15) is 0 Å². The van der Waals surface area contributed by atoms with Crippen molar-refractivity contribution >= 4 is 21.6 Å². The minimum absolute atomic E-state index is 0.0376. The molecule has 1 heterocycles. The quantitative estimate of drug-likeness (QED) is 0.863. The molecule has 1 aliphatic rings. The van der Waals surface area contributed by atoms with E-state index >= 15 is 0 Å². The number of likely N-dealkylation sites (tertiary alicyclic amines) is 1. The van der Waals surface area contributed by atoms with Gasteiger partial charge >= 0.3 is 0 Å². The summed E-state index contributed by atoms with van der Waals surface area (Å²) in [5.41, 5.74) is 6.67. The molecule has 1 fully saturated rings. The summed E-state index contributed by atoms with van der Waals surface area (Å²) >= 11 is 0. The van der Waals surface area contributed by atoms with Gasteiger partial charge in [0.25, 0.3) is 5.91 Å². The van der Waals surface area contributed by atoms with Crippen LogP contribution in [0, 0.1) is 5.92 Å². The number of amides is 1. The maximum absolute atomic E-state index is 12.5. The van der Waals surface area contributed by atoms with Crippen molar-refractivity contribution in [2.45, 2.75) is 19.4 Å². The summed E-state index contributed by atoms with van der Waals surface area (Å²) in [6.45, 7) is 3.29. The van der Waals surface area contributed by atoms with Gasteiger partial charge in [0.1, 0.15) is 0 Å². The zero-order valence-corrected chi connectivity index (χ0v) is 13.1. The number of nitrogens with two attached hydrogens (primary N) is 1. The van der Waals surface area contributed by atoms with Gasteiger partial charge in [0.2, 0.25) is 10.0 Å². The van der Waals surface area contributed by atoms with Gasteiger partial charge in [-0.05, 0) is 50.1 Å². The van der Waals surface area contributed by atoms with Gasteiger partial charge in [-0.15, -0.1) is 0 Å². The second-order valence-corrected chi connectivity index (χ2v) is 7.34. The van der Waals surface area contributed by atoms with Gasteiger partial charge in [-0.25, -0.2) is 8.42 Å². The number of hydrogen-bond acceptors (Lipinski definition) is 4. The number of benzene rings is 1. The molecule has 2 atom stereocenters. The van der Waals surface area contributed by atoms with E-state index < -0.39 is 10.0 Å². The van der Waals surface area contributed by atoms with E-state index in [0.717, 1.165) is 12.7 Å². The molecule has 0 spiro atoms. The fraction of sp³-hybridized carbons (Fsp3) is 0.500. The first-order valence-corrected chi connectivity index (χ1v) is 8.78. The second kappa shape index (κ2) is 6.03. The normalized spacial score (nSPS) is 22.3. The Morgan fingerprint density at radius 1 is 1.38 bits per heavy atom. The molecule has 7 heteroatoms. The first-order chi connectivity index (χ1) is 9.80. The van der Waals surface area contributed by atoms with Crippen LogP contribution in [0.5, 0.6) is 0 Å². The maximum Gasteiger partial charge on any atom is 0.254 e. The maximum atomic E-state index is 12.5. The first-order valence-electron chi connectivity index (χ1n) is 6.89. The number of nitrogens with zero attached hydrogens (tertiary/aromatic N) is 1. The van der Waals surface area contributed by atoms with Crippen LogP contribution < -0.4 is 10.5 Å². The lowest BCUT2D eigenvalue weighted by Gasteiger charge is -2.21. The fourth-order valence-corrected chi connectivity index (χ4v) is 3.22. The largest absolute Gasteiger partial charge is 0.336 e. The van der Waals surface area contributed by atoms with E-state index in [0.29, 0.717) is 30.3 Å². The Labute approximate surface area is 125 Å². The minimum Gasteiger partial charge on any atom is -0.336 e. The molecule has 1 aromatic carbocycles. The second-order valence-electron chi connectivity index (χ2n) is 5.60. The number of sulfonamides is 1. The lowest BCUT2D eigenvalue weighted by Crippen LogP contribution is -2.34. The van der Waals surface area contributed by atoms with Crippen LogP contribution >= 0.6 is 0 Å². The van der Waals surface area contributed by atoms with Gasteiger partial charge in [0, 0.05) is 23.8 Å². The molecule has 0 aromatic heterocycles. The highest BCUT2D eigenvalue weighted by molar-refractivity contribution is 7.92. The molecular formula is C14H21N3O3S. The Kier molecular flexibility index (Phi) is 4.53. The molecule has 1 amide bonds. The van der Waals surface area contributed by atoms with Crippen LogP contribution in [0.3, 0.4) is 0 Å². The fourth-order valence-electron chi connectivity index (χ4n) is 2.66. The van der Waals surface area contributed by atoms with Crippen molar-refractivity contribution in [2.75, 3.05) is 24.1 Å². The van der Waals surface area contributed by atoms with Crippen LogP contribution in [0.25, 0.3) is 0 Å². The molecule has 1 saturated heterocycles. The number of carbonyl (C=O) groups excluding carboxylic acids is 1. The van der Waals surface area contributed by atoms with Crippen molar-refractivity contribution in [3.8, 4) is 0 Å². The van der Waals surface area contributed by atoms with E-state index in [1.165, 1.54) is 0 Å².